The zero-order chi connectivity index (χ0) is 20.1. The third-order valence-electron chi connectivity index (χ3n) is 3.99. The molecule has 0 saturated carbocycles. The highest BCUT2D eigenvalue weighted by atomic mass is 35.5. The summed E-state index contributed by atoms with van der Waals surface area (Å²) in [7, 11) is 0. The van der Waals surface area contributed by atoms with E-state index in [9.17, 15) is 4.79 Å². The first-order chi connectivity index (χ1) is 13.5. The van der Waals surface area contributed by atoms with Gasteiger partial charge in [0, 0.05) is 22.0 Å². The lowest BCUT2D eigenvalue weighted by Gasteiger charge is -2.13. The predicted octanol–water partition coefficient (Wildman–Crippen LogP) is 4.94. The number of hydrogen-bond acceptors (Lipinski definition) is 4. The Balaban J connectivity index is 1.74. The smallest absolute Gasteiger partial charge is 0.280 e. The molecular weight excluding hydrogens is 417 g/mol. The van der Waals surface area contributed by atoms with Crippen molar-refractivity contribution in [2.75, 3.05) is 0 Å². The van der Waals surface area contributed by atoms with E-state index in [1.54, 1.807) is 31.2 Å². The van der Waals surface area contributed by atoms with E-state index in [4.69, 9.17) is 27.9 Å². The number of thiazole rings is 1. The summed E-state index contributed by atoms with van der Waals surface area (Å²) >= 11 is 13.4. The first-order valence-electron chi connectivity index (χ1n) is 8.68. The van der Waals surface area contributed by atoms with Crippen molar-refractivity contribution < 1.29 is 9.53 Å². The first kappa shape index (κ1) is 20.5. The lowest BCUT2D eigenvalue weighted by molar-refractivity contribution is -0.127. The van der Waals surface area contributed by atoms with E-state index >= 15 is 0 Å². The maximum atomic E-state index is 12.3. The number of halogens is 2. The second-order valence-electron chi connectivity index (χ2n) is 5.96. The minimum Gasteiger partial charge on any atom is -0.481 e. The van der Waals surface area contributed by atoms with Gasteiger partial charge in [0.05, 0.1) is 5.69 Å². The Morgan fingerprint density at radius 1 is 1.21 bits per heavy atom. The van der Waals surface area contributed by atoms with Gasteiger partial charge < -0.3 is 9.30 Å². The van der Waals surface area contributed by atoms with Gasteiger partial charge in [-0.05, 0) is 49.7 Å². The minimum atomic E-state index is -0.715. The van der Waals surface area contributed by atoms with E-state index < -0.39 is 6.10 Å². The number of carbonyl (C=O) groups excluding carboxylic acids is 1. The number of rotatable bonds is 6. The molecule has 2 aromatic carbocycles. The van der Waals surface area contributed by atoms with Crippen LogP contribution < -0.4 is 15.0 Å². The van der Waals surface area contributed by atoms with Crippen LogP contribution in [0.3, 0.4) is 0 Å². The molecule has 0 aliphatic rings. The van der Waals surface area contributed by atoms with Crippen LogP contribution in [0.4, 0.5) is 0 Å². The zero-order valence-corrected chi connectivity index (χ0v) is 17.7. The predicted molar refractivity (Wildman–Crippen MR) is 114 cm³/mol. The second-order valence-corrected chi connectivity index (χ2v) is 7.67. The molecule has 0 saturated heterocycles. The highest BCUT2D eigenvalue weighted by Gasteiger charge is 2.15. The zero-order valence-electron chi connectivity index (χ0n) is 15.4. The fourth-order valence-corrected chi connectivity index (χ4v) is 3.81. The van der Waals surface area contributed by atoms with Crippen molar-refractivity contribution in [1.82, 2.24) is 9.99 Å². The molecule has 0 aliphatic heterocycles. The van der Waals surface area contributed by atoms with E-state index in [0.29, 0.717) is 27.1 Å². The number of benzene rings is 2. The molecular formula is C20H19Cl2N3O2S. The van der Waals surface area contributed by atoms with Gasteiger partial charge in [-0.15, -0.1) is 16.4 Å². The maximum Gasteiger partial charge on any atom is 0.280 e. The molecule has 3 aromatic rings. The van der Waals surface area contributed by atoms with Crippen molar-refractivity contribution in [1.29, 1.82) is 0 Å². The monoisotopic (exact) mass is 435 g/mol. The van der Waals surface area contributed by atoms with Crippen molar-refractivity contribution in [2.45, 2.75) is 26.5 Å². The average Bonchev–Trinajstić information content (AvgIpc) is 3.09. The van der Waals surface area contributed by atoms with Crippen LogP contribution in [0.5, 0.6) is 5.75 Å². The van der Waals surface area contributed by atoms with Gasteiger partial charge in [-0.3, -0.25) is 4.79 Å². The highest BCUT2D eigenvalue weighted by molar-refractivity contribution is 7.07. The number of ether oxygens (including phenoxy) is 1. The quantitative estimate of drug-likeness (QED) is 0.557. The van der Waals surface area contributed by atoms with E-state index in [0.717, 1.165) is 11.3 Å². The van der Waals surface area contributed by atoms with Crippen LogP contribution in [0.25, 0.3) is 11.3 Å². The number of amides is 1. The maximum absolute atomic E-state index is 12.3. The van der Waals surface area contributed by atoms with E-state index in [1.165, 1.54) is 11.3 Å². The Morgan fingerprint density at radius 3 is 2.64 bits per heavy atom. The number of hydrogen-bond donors (Lipinski definition) is 1. The Kier molecular flexibility index (Phi) is 6.78. The van der Waals surface area contributed by atoms with Crippen molar-refractivity contribution >= 4 is 40.4 Å². The van der Waals surface area contributed by atoms with E-state index in [1.807, 2.05) is 41.1 Å². The van der Waals surface area contributed by atoms with Crippen LogP contribution in [0.15, 0.2) is 59.0 Å². The molecule has 8 heteroatoms. The van der Waals surface area contributed by atoms with Crippen molar-refractivity contribution in [3.63, 3.8) is 0 Å². The fourth-order valence-electron chi connectivity index (χ4n) is 2.57. The topological polar surface area (TPSA) is 55.6 Å². The molecule has 1 heterocycles. The Morgan fingerprint density at radius 2 is 1.96 bits per heavy atom. The second kappa shape index (κ2) is 9.28. The molecule has 0 aliphatic carbocycles. The standard InChI is InChI=1S/C20H19Cl2N3O2S/c1-3-25-18(14-7-9-15(21)10-8-14)12-28-20(25)24-23-19(26)13(2)27-17-6-4-5-16(22)11-17/h4-13H,3H2,1-2H3,(H,23,26)/b24-20-/t13-/m1/s1. The van der Waals surface area contributed by atoms with Crippen LogP contribution in [0.2, 0.25) is 10.0 Å². The normalized spacial score (nSPS) is 12.6. The Hall–Kier alpha value is -2.28. The van der Waals surface area contributed by atoms with Gasteiger partial charge in [0.1, 0.15) is 5.75 Å². The van der Waals surface area contributed by atoms with Gasteiger partial charge in [-0.2, -0.15) is 0 Å². The number of nitrogens with zero attached hydrogens (tertiary/aromatic N) is 2. The van der Waals surface area contributed by atoms with Gasteiger partial charge in [0.2, 0.25) is 4.80 Å². The molecule has 5 nitrogen and oxygen atoms in total. The SMILES string of the molecule is CCn1c(-c2ccc(Cl)cc2)cs/c1=N\NC(=O)[C@@H](C)Oc1cccc(Cl)c1. The van der Waals surface area contributed by atoms with Gasteiger partial charge in [-0.25, -0.2) is 5.43 Å². The van der Waals surface area contributed by atoms with Crippen LogP contribution in [-0.2, 0) is 11.3 Å². The molecule has 0 bridgehead atoms. The molecule has 0 spiro atoms. The summed E-state index contributed by atoms with van der Waals surface area (Å²) in [6.07, 6.45) is -0.715. The third-order valence-corrected chi connectivity index (χ3v) is 5.34. The molecule has 1 amide bonds. The van der Waals surface area contributed by atoms with Crippen molar-refractivity contribution in [2.24, 2.45) is 5.10 Å². The molecule has 1 N–H and O–H groups in total. The Labute approximate surface area is 177 Å². The molecule has 1 aromatic heterocycles. The highest BCUT2D eigenvalue weighted by Crippen LogP contribution is 2.22. The molecule has 0 radical (unpaired) electrons. The summed E-state index contributed by atoms with van der Waals surface area (Å²) in [4.78, 5) is 13.0. The van der Waals surface area contributed by atoms with Crippen molar-refractivity contribution in [3.05, 3.63) is 68.8 Å². The summed E-state index contributed by atoms with van der Waals surface area (Å²) in [5.41, 5.74) is 4.63. The summed E-state index contributed by atoms with van der Waals surface area (Å²) in [6, 6.07) is 14.5. The van der Waals surface area contributed by atoms with Crippen LogP contribution >= 0.6 is 34.5 Å². The van der Waals surface area contributed by atoms with Gasteiger partial charge in [-0.1, -0.05) is 41.4 Å². The Bertz CT molecular complexity index is 1030. The van der Waals surface area contributed by atoms with E-state index in [2.05, 4.69) is 10.5 Å². The molecule has 28 heavy (non-hydrogen) atoms. The first-order valence-corrected chi connectivity index (χ1v) is 10.3. The lowest BCUT2D eigenvalue weighted by atomic mass is 10.2. The summed E-state index contributed by atoms with van der Waals surface area (Å²) in [5.74, 6) is 0.184. The van der Waals surface area contributed by atoms with Crippen LogP contribution in [0.1, 0.15) is 13.8 Å². The van der Waals surface area contributed by atoms with Gasteiger partial charge in [0.25, 0.3) is 5.91 Å². The molecule has 1 atom stereocenters. The largest absolute Gasteiger partial charge is 0.481 e. The minimum absolute atomic E-state index is 0.343. The summed E-state index contributed by atoms with van der Waals surface area (Å²) in [6.45, 7) is 4.40. The van der Waals surface area contributed by atoms with Crippen LogP contribution in [0, 0.1) is 0 Å². The fraction of sp³-hybridized carbons (Fsp3) is 0.200. The average molecular weight is 436 g/mol. The van der Waals surface area contributed by atoms with Crippen molar-refractivity contribution in [3.8, 4) is 17.0 Å². The van der Waals surface area contributed by atoms with Gasteiger partial charge in [0.15, 0.2) is 6.10 Å². The third kappa shape index (κ3) is 4.95. The number of carbonyl (C=O) groups is 1. The number of aromatic nitrogens is 1. The molecule has 3 rings (SSSR count). The van der Waals surface area contributed by atoms with E-state index in [-0.39, 0.29) is 5.91 Å². The molecule has 0 fully saturated rings. The number of nitrogens with one attached hydrogen (secondary N) is 1. The summed E-state index contributed by atoms with van der Waals surface area (Å²) in [5, 5.41) is 7.51. The molecule has 146 valence electrons. The van der Waals surface area contributed by atoms with Crippen LogP contribution in [-0.4, -0.2) is 16.6 Å². The van der Waals surface area contributed by atoms with Gasteiger partial charge >= 0.3 is 0 Å². The summed E-state index contributed by atoms with van der Waals surface area (Å²) < 4.78 is 7.64. The lowest BCUT2D eigenvalue weighted by Crippen LogP contribution is -2.35. The molecule has 0 unspecified atom stereocenters.